The molecule has 0 spiro atoms. The SMILES string of the molecule is CO[C@H]1C[C@H](O[C@H]2[C@@H](OC)C[C@H]([C@H]3CC[C@@]4(C)C(=CC[C@]5(O)[C@@H]4CC(OC(=O)c4ccccc4)[C@@]4(C)[C@]5(O)CC[C@]4(O)C(C)OC(=O)/C=C/c4ccccc4)C3)O[C@@H]2C)O[C@H](C)[C@H]1O[C@H]1C[C@@H](OC)[C@H](O)[C@@H](C)O1. The maximum absolute atomic E-state index is 14.1. The van der Waals surface area contributed by atoms with Crippen molar-refractivity contribution in [2.24, 2.45) is 22.7 Å². The molecule has 2 aromatic rings. The molecule has 4 aliphatic carbocycles. The molecule has 3 heterocycles. The minimum Gasteiger partial charge on any atom is -0.458 e. The van der Waals surface area contributed by atoms with Crippen molar-refractivity contribution in [2.45, 2.75) is 208 Å². The highest BCUT2D eigenvalue weighted by atomic mass is 16.7. The van der Waals surface area contributed by atoms with Crippen molar-refractivity contribution in [1.82, 2.24) is 0 Å². The van der Waals surface area contributed by atoms with Crippen molar-refractivity contribution in [3.05, 3.63) is 89.5 Å². The van der Waals surface area contributed by atoms with Gasteiger partial charge in [-0.2, -0.15) is 0 Å². The molecule has 7 aliphatic rings. The van der Waals surface area contributed by atoms with Crippen LogP contribution in [0.1, 0.15) is 122 Å². The Morgan fingerprint density at radius 1 is 0.743 bits per heavy atom. The minimum absolute atomic E-state index is 0.0195. The topological polar surface area (TPSA) is 207 Å². The molecule has 6 fully saturated rings. The fraction of sp³-hybridized carbons (Fsp3) is 0.690. The van der Waals surface area contributed by atoms with Gasteiger partial charge in [-0.1, -0.05) is 74.0 Å². The summed E-state index contributed by atoms with van der Waals surface area (Å²) in [7, 11) is 4.91. The summed E-state index contributed by atoms with van der Waals surface area (Å²) in [5.41, 5.74) is -5.65. The fourth-order valence-corrected chi connectivity index (χ4v) is 14.7. The Morgan fingerprint density at radius 2 is 1.34 bits per heavy atom. The summed E-state index contributed by atoms with van der Waals surface area (Å²) in [6.07, 6.45) is 1.06. The normalized spacial score (nSPS) is 44.6. The molecule has 21 atom stereocenters. The van der Waals surface area contributed by atoms with E-state index in [0.29, 0.717) is 37.7 Å². The number of aliphatic hydroxyl groups excluding tert-OH is 1. The van der Waals surface area contributed by atoms with Crippen molar-refractivity contribution in [3.8, 4) is 0 Å². The summed E-state index contributed by atoms with van der Waals surface area (Å²) in [4.78, 5) is 27.4. The quantitative estimate of drug-likeness (QED) is 0.0890. The van der Waals surface area contributed by atoms with Gasteiger partial charge in [-0.15, -0.1) is 0 Å². The van der Waals surface area contributed by atoms with Crippen LogP contribution in [0.3, 0.4) is 0 Å². The van der Waals surface area contributed by atoms with Crippen LogP contribution in [0.25, 0.3) is 6.08 Å². The molecule has 408 valence electrons. The second-order valence-electron chi connectivity index (χ2n) is 22.8. The van der Waals surface area contributed by atoms with E-state index in [9.17, 15) is 30.0 Å². The molecule has 0 bridgehead atoms. The van der Waals surface area contributed by atoms with Crippen molar-refractivity contribution < 1.29 is 77.4 Å². The lowest BCUT2D eigenvalue weighted by molar-refractivity contribution is -0.331. The molecule has 9 rings (SSSR count). The molecule has 16 heteroatoms. The Hall–Kier alpha value is -3.62. The largest absolute Gasteiger partial charge is 0.458 e. The average molecular weight is 1030 g/mol. The smallest absolute Gasteiger partial charge is 0.338 e. The van der Waals surface area contributed by atoms with Crippen LogP contribution >= 0.6 is 0 Å². The van der Waals surface area contributed by atoms with Gasteiger partial charge in [0, 0.05) is 52.6 Å². The number of carbonyl (C=O) groups is 2. The van der Waals surface area contributed by atoms with E-state index in [4.69, 9.17) is 47.4 Å². The molecule has 3 saturated heterocycles. The molecule has 0 amide bonds. The van der Waals surface area contributed by atoms with E-state index < -0.39 is 107 Å². The van der Waals surface area contributed by atoms with Gasteiger partial charge in [0.05, 0.1) is 53.7 Å². The lowest BCUT2D eigenvalue weighted by Gasteiger charge is -2.67. The van der Waals surface area contributed by atoms with Gasteiger partial charge in [0.2, 0.25) is 0 Å². The molecule has 3 saturated carbocycles. The standard InChI is InChI=1S/C58H80O16/c1-33-50(60)42(65-7)30-48(69-33)73-52-35(3)70-49(31-44(52)67-9)74-51-34(2)68-41(29-43(51)66-8)39-22-24-54(5)40(28-39)23-25-57(63)45(54)32-46(72-53(61)38-18-14-11-15-19-38)55(6)56(62,26-27-58(55,57)64)36(4)71-47(59)21-20-37-16-12-10-13-17-37/h10-21,23,33-36,39,41-46,48-52,60,62-64H,22,24-32H2,1-9H3/b21-20+/t33-,34-,35-,36?,39+,41-,42-,43+,44+,45-,46?,48+,49+,50-,51-,52-,54+,55-,56+,57+,58-/m1/s1. The van der Waals surface area contributed by atoms with Crippen LogP contribution in [0.2, 0.25) is 0 Å². The Balaban J connectivity index is 0.902. The van der Waals surface area contributed by atoms with E-state index in [1.807, 2.05) is 44.2 Å². The van der Waals surface area contributed by atoms with Crippen molar-refractivity contribution in [3.63, 3.8) is 0 Å². The predicted molar refractivity (Wildman–Crippen MR) is 270 cm³/mol. The highest BCUT2D eigenvalue weighted by molar-refractivity contribution is 5.89. The zero-order valence-electron chi connectivity index (χ0n) is 44.5. The maximum Gasteiger partial charge on any atom is 0.338 e. The van der Waals surface area contributed by atoms with E-state index in [2.05, 4.69) is 13.0 Å². The van der Waals surface area contributed by atoms with Gasteiger partial charge in [-0.25, -0.2) is 9.59 Å². The van der Waals surface area contributed by atoms with Crippen LogP contribution in [0, 0.1) is 22.7 Å². The number of esters is 2. The summed E-state index contributed by atoms with van der Waals surface area (Å²) >= 11 is 0. The number of allylic oxidation sites excluding steroid dienone is 1. The highest BCUT2D eigenvalue weighted by Gasteiger charge is 2.81. The number of hydrogen-bond donors (Lipinski definition) is 4. The second kappa shape index (κ2) is 21.7. The second-order valence-corrected chi connectivity index (χ2v) is 22.8. The monoisotopic (exact) mass is 1030 g/mol. The van der Waals surface area contributed by atoms with Crippen LogP contribution in [0.4, 0.5) is 0 Å². The van der Waals surface area contributed by atoms with Gasteiger partial charge in [0.25, 0.3) is 0 Å². The summed E-state index contributed by atoms with van der Waals surface area (Å²) in [5, 5.41) is 50.3. The van der Waals surface area contributed by atoms with Gasteiger partial charge >= 0.3 is 11.9 Å². The summed E-state index contributed by atoms with van der Waals surface area (Å²) < 4.78 is 62.5. The molecule has 2 unspecified atom stereocenters. The molecule has 0 aromatic heterocycles. The number of ether oxygens (including phenoxy) is 10. The summed E-state index contributed by atoms with van der Waals surface area (Å²) in [6, 6.07) is 17.9. The first-order valence-corrected chi connectivity index (χ1v) is 26.8. The van der Waals surface area contributed by atoms with Gasteiger partial charge in [-0.05, 0) is 108 Å². The highest BCUT2D eigenvalue weighted by Crippen LogP contribution is 2.72. The van der Waals surface area contributed by atoms with E-state index in [0.717, 1.165) is 17.6 Å². The zero-order valence-corrected chi connectivity index (χ0v) is 44.5. The van der Waals surface area contributed by atoms with E-state index >= 15 is 0 Å². The van der Waals surface area contributed by atoms with Gasteiger partial charge in [0.1, 0.15) is 47.3 Å². The molecule has 16 nitrogen and oxygen atoms in total. The van der Waals surface area contributed by atoms with E-state index in [1.165, 1.54) is 6.08 Å². The number of methoxy groups -OCH3 is 3. The minimum atomic E-state index is -1.97. The number of fused-ring (bicyclic) bond motifs is 5. The maximum atomic E-state index is 14.1. The molecular weight excluding hydrogens is 953 g/mol. The number of rotatable bonds is 14. The molecule has 3 aliphatic heterocycles. The summed E-state index contributed by atoms with van der Waals surface area (Å²) in [5.74, 6) is -1.75. The summed E-state index contributed by atoms with van der Waals surface area (Å²) in [6.45, 7) is 11.2. The predicted octanol–water partition coefficient (Wildman–Crippen LogP) is 6.63. The van der Waals surface area contributed by atoms with Gasteiger partial charge in [0.15, 0.2) is 12.6 Å². The van der Waals surface area contributed by atoms with Gasteiger partial charge in [-0.3, -0.25) is 0 Å². The first-order valence-electron chi connectivity index (χ1n) is 26.8. The third kappa shape index (κ3) is 9.65. The Bertz CT molecular complexity index is 2330. The van der Waals surface area contributed by atoms with Crippen molar-refractivity contribution >= 4 is 18.0 Å². The number of benzene rings is 2. The zero-order chi connectivity index (χ0) is 53.0. The molecule has 4 N–H and O–H groups in total. The lowest BCUT2D eigenvalue weighted by Crippen LogP contribution is -2.78. The lowest BCUT2D eigenvalue weighted by atomic mass is 9.42. The number of aliphatic hydroxyl groups is 4. The van der Waals surface area contributed by atoms with Gasteiger partial charge < -0.3 is 67.8 Å². The number of carbonyl (C=O) groups excluding carboxylic acids is 2. The van der Waals surface area contributed by atoms with E-state index in [1.54, 1.807) is 78.5 Å². The first-order chi connectivity index (χ1) is 35.2. The number of hydrogen-bond acceptors (Lipinski definition) is 16. The van der Waals surface area contributed by atoms with Crippen LogP contribution in [0.15, 0.2) is 78.4 Å². The first kappa shape index (κ1) is 55.1. The third-order valence-electron chi connectivity index (χ3n) is 19.1. The molecular formula is C58H80O16. The fourth-order valence-electron chi connectivity index (χ4n) is 14.7. The Kier molecular flexibility index (Phi) is 16.1. The average Bonchev–Trinajstić information content (AvgIpc) is 3.63. The molecule has 0 radical (unpaired) electrons. The van der Waals surface area contributed by atoms with Crippen LogP contribution in [-0.2, 0) is 52.2 Å². The van der Waals surface area contributed by atoms with Crippen molar-refractivity contribution in [1.29, 1.82) is 0 Å². The third-order valence-corrected chi connectivity index (χ3v) is 19.1. The Morgan fingerprint density at radius 3 is 1.99 bits per heavy atom. The van der Waals surface area contributed by atoms with Crippen LogP contribution < -0.4 is 0 Å². The van der Waals surface area contributed by atoms with Crippen LogP contribution in [0.5, 0.6) is 0 Å². The molecule has 2 aromatic carbocycles. The molecule has 74 heavy (non-hydrogen) atoms. The van der Waals surface area contributed by atoms with E-state index in [-0.39, 0.29) is 56.0 Å². The Labute approximate surface area is 435 Å². The van der Waals surface area contributed by atoms with Crippen molar-refractivity contribution in [2.75, 3.05) is 21.3 Å². The van der Waals surface area contributed by atoms with Crippen LogP contribution in [-0.4, -0.2) is 156 Å².